The summed E-state index contributed by atoms with van der Waals surface area (Å²) in [5.41, 5.74) is 4.68. The topological polar surface area (TPSA) is 77.5 Å². The normalized spacial score (nSPS) is 11.2. The third kappa shape index (κ3) is 5.67. The van der Waals surface area contributed by atoms with E-state index in [0.29, 0.717) is 5.76 Å². The second kappa shape index (κ2) is 8.95. The Labute approximate surface area is 155 Å². The van der Waals surface area contributed by atoms with Crippen LogP contribution in [0.3, 0.4) is 0 Å². The average Bonchev–Trinajstić information content (AvgIpc) is 3.01. The SMILES string of the molecule is CC(C)Oc1ccc(CNC(=O)c2coc(CN)c2)c(C(F)(F)F)c1.Cl. The maximum absolute atomic E-state index is 13.3. The molecule has 2 aromatic rings. The fourth-order valence-corrected chi connectivity index (χ4v) is 2.20. The van der Waals surface area contributed by atoms with Gasteiger partial charge in [-0.3, -0.25) is 4.79 Å². The molecule has 0 radical (unpaired) electrons. The van der Waals surface area contributed by atoms with Gasteiger partial charge in [0.1, 0.15) is 17.8 Å². The van der Waals surface area contributed by atoms with Crippen molar-refractivity contribution < 1.29 is 27.1 Å². The van der Waals surface area contributed by atoms with Crippen molar-refractivity contribution in [3.63, 3.8) is 0 Å². The Morgan fingerprint density at radius 2 is 2.00 bits per heavy atom. The lowest BCUT2D eigenvalue weighted by Crippen LogP contribution is -2.24. The second-order valence-corrected chi connectivity index (χ2v) is 5.67. The first-order valence-electron chi connectivity index (χ1n) is 7.63. The fourth-order valence-electron chi connectivity index (χ4n) is 2.20. The number of halogens is 4. The monoisotopic (exact) mass is 392 g/mol. The zero-order valence-corrected chi connectivity index (χ0v) is 15.0. The molecule has 9 heteroatoms. The molecule has 144 valence electrons. The van der Waals surface area contributed by atoms with E-state index in [4.69, 9.17) is 14.9 Å². The van der Waals surface area contributed by atoms with Crippen molar-refractivity contribution in [3.05, 3.63) is 53.0 Å². The van der Waals surface area contributed by atoms with Gasteiger partial charge in [0.05, 0.1) is 23.8 Å². The molecule has 1 amide bonds. The van der Waals surface area contributed by atoms with E-state index in [-0.39, 0.29) is 48.5 Å². The maximum atomic E-state index is 13.3. The number of benzene rings is 1. The molecule has 1 aromatic carbocycles. The average molecular weight is 393 g/mol. The van der Waals surface area contributed by atoms with Gasteiger partial charge in [-0.05, 0) is 37.6 Å². The Balaban J connectivity index is 0.00000338. The van der Waals surface area contributed by atoms with Crippen molar-refractivity contribution in [2.24, 2.45) is 5.73 Å². The smallest absolute Gasteiger partial charge is 0.416 e. The number of carbonyl (C=O) groups is 1. The van der Waals surface area contributed by atoms with E-state index >= 15 is 0 Å². The minimum absolute atomic E-state index is 0. The van der Waals surface area contributed by atoms with Gasteiger partial charge in [0, 0.05) is 6.54 Å². The Kier molecular flexibility index (Phi) is 7.53. The lowest BCUT2D eigenvalue weighted by molar-refractivity contribution is -0.138. The highest BCUT2D eigenvalue weighted by Crippen LogP contribution is 2.34. The van der Waals surface area contributed by atoms with E-state index in [1.54, 1.807) is 13.8 Å². The highest BCUT2D eigenvalue weighted by molar-refractivity contribution is 5.93. The van der Waals surface area contributed by atoms with Crippen molar-refractivity contribution in [1.82, 2.24) is 5.32 Å². The molecule has 0 spiro atoms. The highest BCUT2D eigenvalue weighted by Gasteiger charge is 2.34. The van der Waals surface area contributed by atoms with E-state index < -0.39 is 17.6 Å². The van der Waals surface area contributed by atoms with Crippen LogP contribution in [0.25, 0.3) is 0 Å². The summed E-state index contributed by atoms with van der Waals surface area (Å²) in [7, 11) is 0. The van der Waals surface area contributed by atoms with Crippen LogP contribution in [0.1, 0.15) is 41.1 Å². The minimum Gasteiger partial charge on any atom is -0.491 e. The second-order valence-electron chi connectivity index (χ2n) is 5.67. The molecule has 0 bridgehead atoms. The molecule has 1 aromatic heterocycles. The van der Waals surface area contributed by atoms with E-state index in [1.807, 2.05) is 0 Å². The van der Waals surface area contributed by atoms with Gasteiger partial charge in [-0.2, -0.15) is 13.2 Å². The van der Waals surface area contributed by atoms with E-state index in [9.17, 15) is 18.0 Å². The van der Waals surface area contributed by atoms with Crippen LogP contribution in [0.5, 0.6) is 5.75 Å². The molecule has 0 fully saturated rings. The third-order valence-electron chi connectivity index (χ3n) is 3.32. The number of carbonyl (C=O) groups excluding carboxylic acids is 1. The summed E-state index contributed by atoms with van der Waals surface area (Å²) >= 11 is 0. The summed E-state index contributed by atoms with van der Waals surface area (Å²) in [5.74, 6) is -0.00442. The predicted molar refractivity (Wildman–Crippen MR) is 92.2 cm³/mol. The first-order valence-corrected chi connectivity index (χ1v) is 7.63. The summed E-state index contributed by atoms with van der Waals surface area (Å²) in [5, 5.41) is 2.44. The standard InChI is InChI=1S/C17H19F3N2O3.ClH/c1-10(2)25-13-4-3-11(15(6-13)17(18,19)20)8-22-16(23)12-5-14(7-21)24-9-12;/h3-6,9-10H,7-8,21H2,1-2H3,(H,22,23);1H. The zero-order valence-electron chi connectivity index (χ0n) is 14.2. The van der Waals surface area contributed by atoms with Gasteiger partial charge >= 0.3 is 6.18 Å². The molecule has 3 N–H and O–H groups in total. The van der Waals surface area contributed by atoms with Gasteiger partial charge in [-0.25, -0.2) is 0 Å². The zero-order chi connectivity index (χ0) is 18.6. The maximum Gasteiger partial charge on any atom is 0.416 e. The number of ether oxygens (including phenoxy) is 1. The van der Waals surface area contributed by atoms with Crippen LogP contribution < -0.4 is 15.8 Å². The molecule has 0 aliphatic heterocycles. The van der Waals surface area contributed by atoms with Gasteiger partial charge in [-0.1, -0.05) is 6.07 Å². The predicted octanol–water partition coefficient (Wildman–Crippen LogP) is 3.90. The number of furan rings is 1. The Bertz CT molecular complexity index is 745. The largest absolute Gasteiger partial charge is 0.491 e. The quantitative estimate of drug-likeness (QED) is 0.781. The number of hydrogen-bond acceptors (Lipinski definition) is 4. The molecule has 0 unspecified atom stereocenters. The number of nitrogens with two attached hydrogens (primary N) is 1. The van der Waals surface area contributed by atoms with Gasteiger partial charge < -0.3 is 20.2 Å². The van der Waals surface area contributed by atoms with Crippen molar-refractivity contribution in [3.8, 4) is 5.75 Å². The van der Waals surface area contributed by atoms with Crippen LogP contribution in [0.2, 0.25) is 0 Å². The number of nitrogens with one attached hydrogen (secondary N) is 1. The van der Waals surface area contributed by atoms with Gasteiger partial charge in [0.25, 0.3) is 5.91 Å². The molecule has 0 aliphatic rings. The minimum atomic E-state index is -4.56. The molecule has 0 saturated heterocycles. The van der Waals surface area contributed by atoms with Crippen LogP contribution in [-0.2, 0) is 19.3 Å². The first kappa shape index (κ1) is 21.9. The summed E-state index contributed by atoms with van der Waals surface area (Å²) in [6.45, 7) is 3.30. The van der Waals surface area contributed by atoms with E-state index in [0.717, 1.165) is 6.07 Å². The van der Waals surface area contributed by atoms with E-state index in [2.05, 4.69) is 5.32 Å². The van der Waals surface area contributed by atoms with Crippen molar-refractivity contribution in [1.29, 1.82) is 0 Å². The third-order valence-corrected chi connectivity index (χ3v) is 3.32. The summed E-state index contributed by atoms with van der Waals surface area (Å²) in [4.78, 5) is 12.0. The molecule has 5 nitrogen and oxygen atoms in total. The highest BCUT2D eigenvalue weighted by atomic mass is 35.5. The molecule has 26 heavy (non-hydrogen) atoms. The number of amides is 1. The lowest BCUT2D eigenvalue weighted by Gasteiger charge is -2.16. The number of alkyl halides is 3. The van der Waals surface area contributed by atoms with E-state index in [1.165, 1.54) is 24.5 Å². The van der Waals surface area contributed by atoms with Crippen molar-refractivity contribution in [2.45, 2.75) is 39.2 Å². The molecule has 2 rings (SSSR count). The molecule has 0 aliphatic carbocycles. The summed E-state index contributed by atoms with van der Waals surface area (Å²) in [6, 6.07) is 5.12. The van der Waals surface area contributed by atoms with Crippen LogP contribution in [0.15, 0.2) is 34.9 Å². The first-order chi connectivity index (χ1) is 11.7. The van der Waals surface area contributed by atoms with Crippen LogP contribution in [-0.4, -0.2) is 12.0 Å². The molecule has 1 heterocycles. The van der Waals surface area contributed by atoms with Crippen LogP contribution in [0.4, 0.5) is 13.2 Å². The van der Waals surface area contributed by atoms with Crippen LogP contribution in [0, 0.1) is 0 Å². The van der Waals surface area contributed by atoms with Crippen LogP contribution >= 0.6 is 12.4 Å². The van der Waals surface area contributed by atoms with Gasteiger partial charge in [0.15, 0.2) is 0 Å². The van der Waals surface area contributed by atoms with Crippen molar-refractivity contribution in [2.75, 3.05) is 0 Å². The van der Waals surface area contributed by atoms with Gasteiger partial charge in [-0.15, -0.1) is 12.4 Å². The Morgan fingerprint density at radius 3 is 2.54 bits per heavy atom. The molecular weight excluding hydrogens is 373 g/mol. The lowest BCUT2D eigenvalue weighted by atomic mass is 10.1. The molecule has 0 atom stereocenters. The fraction of sp³-hybridized carbons (Fsp3) is 0.353. The summed E-state index contributed by atoms with van der Waals surface area (Å²) in [6.07, 6.45) is -3.59. The Hall–Kier alpha value is -2.19. The number of rotatable bonds is 6. The molecular formula is C17H20ClF3N2O3. The molecule has 0 saturated carbocycles. The Morgan fingerprint density at radius 1 is 1.31 bits per heavy atom. The van der Waals surface area contributed by atoms with Gasteiger partial charge in [0.2, 0.25) is 0 Å². The van der Waals surface area contributed by atoms with Crippen molar-refractivity contribution >= 4 is 18.3 Å². The number of hydrogen-bond donors (Lipinski definition) is 2. The summed E-state index contributed by atoms with van der Waals surface area (Å²) < 4.78 is 50.1.